The van der Waals surface area contributed by atoms with E-state index in [2.05, 4.69) is 15.5 Å². The zero-order chi connectivity index (χ0) is 15.9. The monoisotopic (exact) mass is 324 g/mol. The molecule has 0 saturated heterocycles. The van der Waals surface area contributed by atoms with Crippen LogP contribution in [0.25, 0.3) is 6.08 Å². The van der Waals surface area contributed by atoms with Gasteiger partial charge in [0.2, 0.25) is 5.91 Å². The minimum atomic E-state index is -0.191. The molecule has 1 amide bonds. The number of carbonyl (C=O) groups is 1. The molecule has 0 fully saturated rings. The summed E-state index contributed by atoms with van der Waals surface area (Å²) >= 11 is 1.59. The SMILES string of the molecule is O=C(/C=C/c1cccs1)N[C@H](Cn1nccn1)c1ccccc1. The van der Waals surface area contributed by atoms with Crippen LogP contribution in [0, 0.1) is 0 Å². The second-order valence-corrected chi connectivity index (χ2v) is 5.88. The number of benzene rings is 1. The van der Waals surface area contributed by atoms with Gasteiger partial charge in [-0.05, 0) is 23.1 Å². The summed E-state index contributed by atoms with van der Waals surface area (Å²) < 4.78 is 0. The summed E-state index contributed by atoms with van der Waals surface area (Å²) in [5.74, 6) is -0.139. The van der Waals surface area contributed by atoms with Gasteiger partial charge >= 0.3 is 0 Å². The predicted octanol–water partition coefficient (Wildman–Crippen LogP) is 2.91. The van der Waals surface area contributed by atoms with Crippen molar-refractivity contribution >= 4 is 23.3 Å². The molecular formula is C17H16N4OS. The maximum atomic E-state index is 12.2. The van der Waals surface area contributed by atoms with Crippen molar-refractivity contribution in [2.75, 3.05) is 0 Å². The number of hydrogen-bond acceptors (Lipinski definition) is 4. The van der Waals surface area contributed by atoms with Crippen LogP contribution in [0.1, 0.15) is 16.5 Å². The van der Waals surface area contributed by atoms with Gasteiger partial charge in [0.15, 0.2) is 0 Å². The van der Waals surface area contributed by atoms with E-state index < -0.39 is 0 Å². The van der Waals surface area contributed by atoms with E-state index in [4.69, 9.17) is 0 Å². The van der Waals surface area contributed by atoms with Crippen LogP contribution in [0.5, 0.6) is 0 Å². The summed E-state index contributed by atoms with van der Waals surface area (Å²) in [6.45, 7) is 0.482. The summed E-state index contributed by atoms with van der Waals surface area (Å²) in [5, 5.41) is 13.2. The third-order valence-electron chi connectivity index (χ3n) is 3.27. The number of aromatic nitrogens is 3. The Morgan fingerprint density at radius 3 is 2.65 bits per heavy atom. The van der Waals surface area contributed by atoms with Crippen LogP contribution in [0.2, 0.25) is 0 Å². The van der Waals surface area contributed by atoms with Gasteiger partial charge in [-0.25, -0.2) is 0 Å². The smallest absolute Gasteiger partial charge is 0.244 e. The van der Waals surface area contributed by atoms with Gasteiger partial charge in [-0.15, -0.1) is 11.3 Å². The number of rotatable bonds is 6. The van der Waals surface area contributed by atoms with Crippen LogP contribution in [0.3, 0.4) is 0 Å². The third-order valence-corrected chi connectivity index (χ3v) is 4.11. The molecule has 1 aromatic carbocycles. The molecule has 0 spiro atoms. The average Bonchev–Trinajstić information content (AvgIpc) is 3.27. The molecule has 0 radical (unpaired) electrons. The summed E-state index contributed by atoms with van der Waals surface area (Å²) in [4.78, 5) is 14.8. The standard InChI is InChI=1S/C17H16N4OS/c22-17(9-8-15-7-4-12-23-15)20-16(13-21-18-10-11-19-21)14-5-2-1-3-6-14/h1-12,16H,13H2,(H,20,22)/b9-8+/t16-/m1/s1. The van der Waals surface area contributed by atoms with Gasteiger partial charge in [-0.1, -0.05) is 36.4 Å². The average molecular weight is 324 g/mol. The Balaban J connectivity index is 1.71. The van der Waals surface area contributed by atoms with Gasteiger partial charge in [0.25, 0.3) is 0 Å². The van der Waals surface area contributed by atoms with E-state index in [1.807, 2.05) is 53.9 Å². The fourth-order valence-corrected chi connectivity index (χ4v) is 2.80. The molecule has 0 unspecified atom stereocenters. The van der Waals surface area contributed by atoms with E-state index in [0.29, 0.717) is 6.54 Å². The van der Waals surface area contributed by atoms with Gasteiger partial charge < -0.3 is 5.32 Å². The molecule has 0 bridgehead atoms. The fourth-order valence-electron chi connectivity index (χ4n) is 2.18. The molecule has 0 aliphatic carbocycles. The summed E-state index contributed by atoms with van der Waals surface area (Å²) in [7, 11) is 0. The van der Waals surface area contributed by atoms with Crippen LogP contribution < -0.4 is 5.32 Å². The molecule has 1 N–H and O–H groups in total. The summed E-state index contributed by atoms with van der Waals surface area (Å²) in [6, 6.07) is 13.6. The predicted molar refractivity (Wildman–Crippen MR) is 90.7 cm³/mol. The number of amides is 1. The Labute approximate surface area is 138 Å². The van der Waals surface area contributed by atoms with Gasteiger partial charge in [-0.3, -0.25) is 4.79 Å². The minimum absolute atomic E-state index is 0.139. The normalized spacial score (nSPS) is 12.3. The second-order valence-electron chi connectivity index (χ2n) is 4.90. The van der Waals surface area contributed by atoms with Crippen LogP contribution >= 0.6 is 11.3 Å². The fraction of sp³-hybridized carbons (Fsp3) is 0.118. The van der Waals surface area contributed by atoms with E-state index in [1.54, 1.807) is 34.6 Å². The highest BCUT2D eigenvalue weighted by atomic mass is 32.1. The van der Waals surface area contributed by atoms with E-state index in [9.17, 15) is 4.79 Å². The van der Waals surface area contributed by atoms with Crippen molar-refractivity contribution in [3.05, 3.63) is 76.8 Å². The van der Waals surface area contributed by atoms with Gasteiger partial charge in [0, 0.05) is 11.0 Å². The molecule has 116 valence electrons. The number of hydrogen-bond donors (Lipinski definition) is 1. The maximum Gasteiger partial charge on any atom is 0.244 e. The summed E-state index contributed by atoms with van der Waals surface area (Å²) in [5.41, 5.74) is 1.02. The van der Waals surface area contributed by atoms with E-state index in [1.165, 1.54) is 0 Å². The quantitative estimate of drug-likeness (QED) is 0.709. The lowest BCUT2D eigenvalue weighted by molar-refractivity contribution is -0.117. The molecule has 0 saturated carbocycles. The van der Waals surface area contributed by atoms with E-state index >= 15 is 0 Å². The van der Waals surface area contributed by atoms with E-state index in [0.717, 1.165) is 10.4 Å². The molecule has 1 atom stereocenters. The highest BCUT2D eigenvalue weighted by Gasteiger charge is 2.14. The van der Waals surface area contributed by atoms with Crippen molar-refractivity contribution in [1.82, 2.24) is 20.3 Å². The highest BCUT2D eigenvalue weighted by Crippen LogP contribution is 2.15. The van der Waals surface area contributed by atoms with Crippen molar-refractivity contribution in [3.63, 3.8) is 0 Å². The molecule has 2 heterocycles. The first kappa shape index (κ1) is 15.2. The molecule has 6 heteroatoms. The summed E-state index contributed by atoms with van der Waals surface area (Å²) in [6.07, 6.45) is 6.62. The van der Waals surface area contributed by atoms with Crippen molar-refractivity contribution in [1.29, 1.82) is 0 Å². The Hall–Kier alpha value is -2.73. The second kappa shape index (κ2) is 7.51. The number of carbonyl (C=O) groups excluding carboxylic acids is 1. The number of thiophene rings is 1. The van der Waals surface area contributed by atoms with Crippen LogP contribution in [0.4, 0.5) is 0 Å². The molecule has 3 rings (SSSR count). The zero-order valence-corrected chi connectivity index (χ0v) is 13.2. The lowest BCUT2D eigenvalue weighted by Gasteiger charge is -2.17. The first-order valence-electron chi connectivity index (χ1n) is 7.22. The molecule has 0 aliphatic heterocycles. The molecule has 0 aliphatic rings. The third kappa shape index (κ3) is 4.37. The lowest BCUT2D eigenvalue weighted by atomic mass is 10.1. The van der Waals surface area contributed by atoms with Crippen molar-refractivity contribution < 1.29 is 4.79 Å². The van der Waals surface area contributed by atoms with Crippen molar-refractivity contribution in [2.45, 2.75) is 12.6 Å². The maximum absolute atomic E-state index is 12.2. The molecule has 23 heavy (non-hydrogen) atoms. The van der Waals surface area contributed by atoms with Crippen LogP contribution in [0.15, 0.2) is 66.3 Å². The highest BCUT2D eigenvalue weighted by molar-refractivity contribution is 7.10. The number of nitrogens with zero attached hydrogens (tertiary/aromatic N) is 3. The molecule has 2 aromatic heterocycles. The van der Waals surface area contributed by atoms with Gasteiger partial charge in [0.1, 0.15) is 0 Å². The van der Waals surface area contributed by atoms with Crippen LogP contribution in [-0.2, 0) is 11.3 Å². The zero-order valence-electron chi connectivity index (χ0n) is 12.4. The van der Waals surface area contributed by atoms with Crippen molar-refractivity contribution in [3.8, 4) is 0 Å². The lowest BCUT2D eigenvalue weighted by Crippen LogP contribution is -2.30. The Morgan fingerprint density at radius 2 is 1.96 bits per heavy atom. The van der Waals surface area contributed by atoms with Crippen molar-refractivity contribution in [2.24, 2.45) is 0 Å². The Kier molecular flexibility index (Phi) is 4.95. The number of nitrogens with one attached hydrogen (secondary N) is 1. The first-order chi connectivity index (χ1) is 11.3. The van der Waals surface area contributed by atoms with Gasteiger partial charge in [-0.2, -0.15) is 15.0 Å². The Morgan fingerprint density at radius 1 is 1.17 bits per heavy atom. The first-order valence-corrected chi connectivity index (χ1v) is 8.10. The topological polar surface area (TPSA) is 59.8 Å². The van der Waals surface area contributed by atoms with Gasteiger partial charge in [0.05, 0.1) is 25.0 Å². The molecule has 5 nitrogen and oxygen atoms in total. The minimum Gasteiger partial charge on any atom is -0.344 e. The largest absolute Gasteiger partial charge is 0.344 e. The molecule has 3 aromatic rings. The van der Waals surface area contributed by atoms with Crippen LogP contribution in [-0.4, -0.2) is 20.9 Å². The molecular weight excluding hydrogens is 308 g/mol. The Bertz CT molecular complexity index is 751. The van der Waals surface area contributed by atoms with E-state index in [-0.39, 0.29) is 11.9 Å².